The van der Waals surface area contributed by atoms with E-state index in [1.54, 1.807) is 18.2 Å². The molecule has 1 saturated heterocycles. The molecule has 2 heterocycles. The van der Waals surface area contributed by atoms with Gasteiger partial charge in [0.25, 0.3) is 5.56 Å². The van der Waals surface area contributed by atoms with Crippen LogP contribution in [0.1, 0.15) is 23.5 Å². The summed E-state index contributed by atoms with van der Waals surface area (Å²) in [5.74, 6) is -0.869. The minimum atomic E-state index is -2.27. The number of carbonyl (C=O) groups excluding carboxylic acids is 1. The quantitative estimate of drug-likeness (QED) is 0.851. The molecule has 1 fully saturated rings. The first-order valence-corrected chi connectivity index (χ1v) is 7.42. The lowest BCUT2D eigenvalue weighted by Crippen LogP contribution is -2.43. The highest BCUT2D eigenvalue weighted by Gasteiger charge is 2.56. The fraction of sp³-hybridized carbons (Fsp3) is 0.235. The van der Waals surface area contributed by atoms with Gasteiger partial charge in [0, 0.05) is 12.3 Å². The highest BCUT2D eigenvalue weighted by atomic mass is 19.1. The van der Waals surface area contributed by atoms with Crippen LogP contribution in [0.3, 0.4) is 0 Å². The van der Waals surface area contributed by atoms with Crippen molar-refractivity contribution in [3.05, 3.63) is 81.3 Å². The lowest BCUT2D eigenvalue weighted by Gasteiger charge is -2.25. The number of esters is 1. The molecule has 3 rings (SSSR count). The van der Waals surface area contributed by atoms with E-state index in [9.17, 15) is 14.4 Å². The summed E-state index contributed by atoms with van der Waals surface area (Å²) in [6.45, 7) is 4.71. The molecule has 1 aromatic heterocycles. The summed E-state index contributed by atoms with van der Waals surface area (Å²) in [6.07, 6.45) is -1.74. The summed E-state index contributed by atoms with van der Waals surface area (Å²) in [6, 6.07) is 9.14. The van der Waals surface area contributed by atoms with Gasteiger partial charge >= 0.3 is 11.7 Å². The number of aromatic nitrogens is 2. The fourth-order valence-corrected chi connectivity index (χ4v) is 2.64. The van der Waals surface area contributed by atoms with Crippen LogP contribution >= 0.6 is 0 Å². The van der Waals surface area contributed by atoms with Crippen LogP contribution in [0.5, 0.6) is 0 Å². The fourth-order valence-electron chi connectivity index (χ4n) is 2.64. The number of alkyl halides is 1. The van der Waals surface area contributed by atoms with Crippen molar-refractivity contribution >= 4 is 5.97 Å². The third kappa shape index (κ3) is 2.98. The predicted octanol–water partition coefficient (Wildman–Crippen LogP) is 1.53. The number of halogens is 1. The Bertz CT molecular complexity index is 932. The van der Waals surface area contributed by atoms with Gasteiger partial charge in [0.1, 0.15) is 5.76 Å². The highest BCUT2D eigenvalue weighted by Crippen LogP contribution is 2.43. The first-order valence-electron chi connectivity index (χ1n) is 7.42. The van der Waals surface area contributed by atoms with Crippen molar-refractivity contribution in [2.24, 2.45) is 0 Å². The molecule has 1 aromatic carbocycles. The van der Waals surface area contributed by atoms with Crippen molar-refractivity contribution in [2.45, 2.75) is 24.9 Å². The zero-order valence-electron chi connectivity index (χ0n) is 13.3. The van der Waals surface area contributed by atoms with Crippen molar-refractivity contribution in [3.8, 4) is 0 Å². The summed E-state index contributed by atoms with van der Waals surface area (Å²) in [7, 11) is 0. The van der Waals surface area contributed by atoms with Gasteiger partial charge in [0.15, 0.2) is 6.10 Å². The minimum Gasteiger partial charge on any atom is -0.467 e. The number of hydrogen-bond donors (Lipinski definition) is 1. The van der Waals surface area contributed by atoms with Gasteiger partial charge in [-0.15, -0.1) is 0 Å². The van der Waals surface area contributed by atoms with Crippen molar-refractivity contribution in [3.63, 3.8) is 0 Å². The topological polar surface area (TPSA) is 90.4 Å². The van der Waals surface area contributed by atoms with E-state index in [-0.39, 0.29) is 11.3 Å². The van der Waals surface area contributed by atoms with E-state index in [0.717, 1.165) is 23.8 Å². The molecule has 0 bridgehead atoms. The number of hydrogen-bond acceptors (Lipinski definition) is 5. The molecule has 1 N–H and O–H groups in total. The summed E-state index contributed by atoms with van der Waals surface area (Å²) >= 11 is 0. The molecule has 1 aliphatic heterocycles. The Balaban J connectivity index is 1.89. The van der Waals surface area contributed by atoms with E-state index in [1.807, 2.05) is 4.98 Å². The minimum absolute atomic E-state index is 0.127. The SMILES string of the molecule is C=C1O[C@@H](n2ccc(=O)[nH]c2=O)[C@](C)(F)[C@@H]1OC(=O)c1ccccc1. The second kappa shape index (κ2) is 6.04. The number of nitrogens with one attached hydrogen (secondary N) is 1. The second-order valence-corrected chi connectivity index (χ2v) is 5.76. The molecule has 2 aromatic rings. The van der Waals surface area contributed by atoms with Gasteiger partial charge < -0.3 is 9.47 Å². The summed E-state index contributed by atoms with van der Waals surface area (Å²) in [4.78, 5) is 37.3. The van der Waals surface area contributed by atoms with Crippen LogP contribution in [-0.2, 0) is 9.47 Å². The van der Waals surface area contributed by atoms with Crippen LogP contribution in [0.4, 0.5) is 4.39 Å². The maximum atomic E-state index is 15.3. The van der Waals surface area contributed by atoms with Crippen molar-refractivity contribution in [2.75, 3.05) is 0 Å². The lowest BCUT2D eigenvalue weighted by atomic mass is 10.0. The van der Waals surface area contributed by atoms with E-state index >= 15 is 4.39 Å². The van der Waals surface area contributed by atoms with Gasteiger partial charge in [0.05, 0.1) is 5.56 Å². The molecular formula is C17H15FN2O5. The molecule has 1 aliphatic rings. The van der Waals surface area contributed by atoms with Crippen LogP contribution in [-0.4, -0.2) is 27.3 Å². The first kappa shape index (κ1) is 16.7. The Labute approximate surface area is 141 Å². The van der Waals surface area contributed by atoms with Crippen LogP contribution in [0.2, 0.25) is 0 Å². The second-order valence-electron chi connectivity index (χ2n) is 5.76. The lowest BCUT2D eigenvalue weighted by molar-refractivity contribution is -0.0448. The Morgan fingerprint density at radius 3 is 2.64 bits per heavy atom. The number of aromatic amines is 1. The normalized spacial score (nSPS) is 25.4. The third-order valence-electron chi connectivity index (χ3n) is 3.89. The molecule has 0 amide bonds. The van der Waals surface area contributed by atoms with Crippen molar-refractivity contribution in [1.29, 1.82) is 0 Å². The van der Waals surface area contributed by atoms with Crippen molar-refractivity contribution < 1.29 is 18.7 Å². The van der Waals surface area contributed by atoms with Gasteiger partial charge in [-0.25, -0.2) is 14.0 Å². The monoisotopic (exact) mass is 346 g/mol. The van der Waals surface area contributed by atoms with E-state index < -0.39 is 35.2 Å². The highest BCUT2D eigenvalue weighted by molar-refractivity contribution is 5.89. The third-order valence-corrected chi connectivity index (χ3v) is 3.89. The molecule has 0 spiro atoms. The maximum Gasteiger partial charge on any atom is 0.338 e. The van der Waals surface area contributed by atoms with E-state index in [2.05, 4.69) is 6.58 Å². The van der Waals surface area contributed by atoms with E-state index in [4.69, 9.17) is 9.47 Å². The average Bonchev–Trinajstić information content (AvgIpc) is 2.79. The predicted molar refractivity (Wildman–Crippen MR) is 85.7 cm³/mol. The molecule has 8 heteroatoms. The van der Waals surface area contributed by atoms with Crippen LogP contribution < -0.4 is 11.2 Å². The van der Waals surface area contributed by atoms with Gasteiger partial charge in [-0.2, -0.15) is 0 Å². The molecule has 3 atom stereocenters. The maximum absolute atomic E-state index is 15.3. The molecule has 0 unspecified atom stereocenters. The van der Waals surface area contributed by atoms with Crippen molar-refractivity contribution in [1.82, 2.24) is 9.55 Å². The summed E-state index contributed by atoms with van der Waals surface area (Å²) in [5, 5.41) is 0. The molecule has 0 saturated carbocycles. The van der Waals surface area contributed by atoms with E-state index in [1.165, 1.54) is 12.1 Å². The standard InChI is InChI=1S/C17H15FN2O5/c1-10-13(25-14(22)11-6-4-3-5-7-11)17(2,18)15(24-10)20-9-8-12(21)19-16(20)23/h3-9,13,15H,1H2,2H3,(H,19,21,23)/t13-,15-,17-/m1/s1. The molecular weight excluding hydrogens is 331 g/mol. The van der Waals surface area contributed by atoms with Gasteiger partial charge in [-0.05, 0) is 19.1 Å². The largest absolute Gasteiger partial charge is 0.467 e. The number of carbonyl (C=O) groups is 1. The Hall–Kier alpha value is -3.16. The molecule has 0 aliphatic carbocycles. The molecule has 0 radical (unpaired) electrons. The molecule has 7 nitrogen and oxygen atoms in total. The van der Waals surface area contributed by atoms with E-state index in [0.29, 0.717) is 0 Å². The first-order chi connectivity index (χ1) is 11.8. The Kier molecular flexibility index (Phi) is 4.03. The number of nitrogens with zero attached hydrogens (tertiary/aromatic N) is 1. The Morgan fingerprint density at radius 1 is 1.32 bits per heavy atom. The van der Waals surface area contributed by atoms with Crippen LogP contribution in [0.25, 0.3) is 0 Å². The number of H-pyrrole nitrogens is 1. The van der Waals surface area contributed by atoms with Crippen LogP contribution in [0, 0.1) is 0 Å². The smallest absolute Gasteiger partial charge is 0.338 e. The zero-order chi connectivity index (χ0) is 18.2. The molecule has 25 heavy (non-hydrogen) atoms. The van der Waals surface area contributed by atoms with Gasteiger partial charge in [0.2, 0.25) is 11.9 Å². The average molecular weight is 346 g/mol. The zero-order valence-corrected chi connectivity index (χ0v) is 13.3. The van der Waals surface area contributed by atoms with Gasteiger partial charge in [-0.1, -0.05) is 24.8 Å². The summed E-state index contributed by atoms with van der Waals surface area (Å²) < 4.78 is 26.7. The van der Waals surface area contributed by atoms with Gasteiger partial charge in [-0.3, -0.25) is 14.3 Å². The number of ether oxygens (including phenoxy) is 2. The summed E-state index contributed by atoms with van der Waals surface area (Å²) in [5.41, 5.74) is -3.49. The number of rotatable bonds is 3. The molecule has 130 valence electrons. The number of benzene rings is 1. The van der Waals surface area contributed by atoms with Crippen LogP contribution in [0.15, 0.2) is 64.5 Å². The Morgan fingerprint density at radius 2 is 2.00 bits per heavy atom.